The number of nitrogens with two attached hydrogens (primary N) is 1. The first-order chi connectivity index (χ1) is 10.2. The molecule has 21 heavy (non-hydrogen) atoms. The van der Waals surface area contributed by atoms with Crippen molar-refractivity contribution in [2.45, 2.75) is 38.3 Å². The van der Waals surface area contributed by atoms with Crippen LogP contribution in [0, 0.1) is 5.82 Å². The Morgan fingerprint density at radius 1 is 1.38 bits per heavy atom. The first-order valence-corrected chi connectivity index (χ1v) is 7.65. The molecule has 1 unspecified atom stereocenters. The van der Waals surface area contributed by atoms with Crippen molar-refractivity contribution in [3.63, 3.8) is 0 Å². The topological polar surface area (TPSA) is 58.4 Å². The average Bonchev–Trinajstić information content (AvgIpc) is 2.49. The molecule has 1 amide bonds. The van der Waals surface area contributed by atoms with Gasteiger partial charge in [-0.25, -0.2) is 4.39 Å². The number of nitrogens with one attached hydrogen (secondary N) is 1. The van der Waals surface area contributed by atoms with Crippen LogP contribution in [0.1, 0.15) is 31.2 Å². The van der Waals surface area contributed by atoms with Gasteiger partial charge in [-0.05, 0) is 38.4 Å². The first-order valence-electron chi connectivity index (χ1n) is 7.65. The van der Waals surface area contributed by atoms with Gasteiger partial charge in [-0.2, -0.15) is 0 Å². The van der Waals surface area contributed by atoms with Gasteiger partial charge in [0.05, 0.1) is 6.54 Å². The van der Waals surface area contributed by atoms with Crippen LogP contribution in [0.4, 0.5) is 4.39 Å². The van der Waals surface area contributed by atoms with E-state index >= 15 is 0 Å². The van der Waals surface area contributed by atoms with Crippen LogP contribution in [-0.2, 0) is 11.3 Å². The number of hydrogen-bond acceptors (Lipinski definition) is 3. The second-order valence-electron chi connectivity index (χ2n) is 5.57. The highest BCUT2D eigenvalue weighted by Gasteiger charge is 2.23. The molecule has 1 aromatic rings. The summed E-state index contributed by atoms with van der Waals surface area (Å²) < 4.78 is 13.5. The lowest BCUT2D eigenvalue weighted by molar-refractivity contribution is -0.123. The maximum atomic E-state index is 13.5. The van der Waals surface area contributed by atoms with Crippen molar-refractivity contribution in [3.05, 3.63) is 35.6 Å². The van der Waals surface area contributed by atoms with Gasteiger partial charge in [0, 0.05) is 18.2 Å². The third-order valence-electron chi connectivity index (χ3n) is 4.03. The molecule has 0 radical (unpaired) electrons. The van der Waals surface area contributed by atoms with E-state index in [9.17, 15) is 9.18 Å². The van der Waals surface area contributed by atoms with Crippen molar-refractivity contribution in [3.8, 4) is 0 Å². The molecule has 1 aliphatic rings. The summed E-state index contributed by atoms with van der Waals surface area (Å²) in [6, 6.07) is 6.91. The average molecular weight is 293 g/mol. The molecule has 1 aliphatic heterocycles. The van der Waals surface area contributed by atoms with Gasteiger partial charge in [-0.1, -0.05) is 24.6 Å². The number of likely N-dealkylation sites (tertiary alicyclic amines) is 1. The van der Waals surface area contributed by atoms with Crippen LogP contribution in [0.3, 0.4) is 0 Å². The summed E-state index contributed by atoms with van der Waals surface area (Å²) in [4.78, 5) is 14.2. The number of piperidine rings is 1. The number of benzene rings is 1. The monoisotopic (exact) mass is 293 g/mol. The van der Waals surface area contributed by atoms with E-state index in [1.54, 1.807) is 18.2 Å². The number of hydrogen-bond donors (Lipinski definition) is 2. The van der Waals surface area contributed by atoms with E-state index in [0.717, 1.165) is 25.8 Å². The van der Waals surface area contributed by atoms with E-state index in [0.29, 0.717) is 24.7 Å². The molecule has 0 saturated carbocycles. The Morgan fingerprint density at radius 3 is 2.95 bits per heavy atom. The summed E-state index contributed by atoms with van der Waals surface area (Å²) >= 11 is 0. The maximum Gasteiger partial charge on any atom is 0.234 e. The molecule has 4 nitrogen and oxygen atoms in total. The second-order valence-corrected chi connectivity index (χ2v) is 5.57. The Morgan fingerprint density at radius 2 is 2.19 bits per heavy atom. The van der Waals surface area contributed by atoms with Crippen LogP contribution in [0.5, 0.6) is 0 Å². The van der Waals surface area contributed by atoms with Gasteiger partial charge in [-0.3, -0.25) is 9.69 Å². The lowest BCUT2D eigenvalue weighted by Gasteiger charge is -2.35. The van der Waals surface area contributed by atoms with E-state index in [1.807, 2.05) is 0 Å². The molecule has 3 N–H and O–H groups in total. The number of carbonyl (C=O) groups excluding carboxylic acids is 1. The van der Waals surface area contributed by atoms with Crippen LogP contribution in [0.25, 0.3) is 0 Å². The third-order valence-corrected chi connectivity index (χ3v) is 4.03. The molecule has 116 valence electrons. The van der Waals surface area contributed by atoms with E-state index < -0.39 is 0 Å². The van der Waals surface area contributed by atoms with Gasteiger partial charge in [0.25, 0.3) is 0 Å². The lowest BCUT2D eigenvalue weighted by atomic mass is 9.99. The fourth-order valence-electron chi connectivity index (χ4n) is 2.86. The molecule has 1 fully saturated rings. The molecule has 1 atom stereocenters. The lowest BCUT2D eigenvalue weighted by Crippen LogP contribution is -2.46. The van der Waals surface area contributed by atoms with Crippen molar-refractivity contribution >= 4 is 5.91 Å². The van der Waals surface area contributed by atoms with Gasteiger partial charge in [-0.15, -0.1) is 0 Å². The highest BCUT2D eigenvalue weighted by Crippen LogP contribution is 2.18. The largest absolute Gasteiger partial charge is 0.351 e. The van der Waals surface area contributed by atoms with Gasteiger partial charge in [0.15, 0.2) is 0 Å². The minimum atomic E-state index is -0.281. The molecule has 0 aromatic heterocycles. The summed E-state index contributed by atoms with van der Waals surface area (Å²) in [5.74, 6) is -0.334. The Hall–Kier alpha value is -1.46. The van der Waals surface area contributed by atoms with E-state index in [2.05, 4.69) is 10.2 Å². The summed E-state index contributed by atoms with van der Waals surface area (Å²) in [5.41, 5.74) is 6.15. The predicted octanol–water partition coefficient (Wildman–Crippen LogP) is 1.65. The van der Waals surface area contributed by atoms with Crippen LogP contribution >= 0.6 is 0 Å². The van der Waals surface area contributed by atoms with Crippen LogP contribution in [0.2, 0.25) is 0 Å². The van der Waals surface area contributed by atoms with Crippen LogP contribution in [0.15, 0.2) is 24.3 Å². The molecule has 0 aliphatic carbocycles. The molecular formula is C16H24FN3O. The number of halogens is 1. The minimum Gasteiger partial charge on any atom is -0.351 e. The van der Waals surface area contributed by atoms with Crippen molar-refractivity contribution in [1.82, 2.24) is 10.2 Å². The normalized spacial score (nSPS) is 19.4. The first kappa shape index (κ1) is 15.9. The third kappa shape index (κ3) is 4.79. The van der Waals surface area contributed by atoms with E-state index in [1.165, 1.54) is 12.5 Å². The van der Waals surface area contributed by atoms with Crippen molar-refractivity contribution in [2.24, 2.45) is 5.73 Å². The number of nitrogens with zero attached hydrogens (tertiary/aromatic N) is 1. The number of amides is 1. The van der Waals surface area contributed by atoms with Gasteiger partial charge in [0.2, 0.25) is 5.91 Å². The van der Waals surface area contributed by atoms with E-state index in [-0.39, 0.29) is 18.3 Å². The zero-order valence-corrected chi connectivity index (χ0v) is 12.4. The minimum absolute atomic E-state index is 0.0535. The van der Waals surface area contributed by atoms with Crippen LogP contribution < -0.4 is 11.1 Å². The number of rotatable bonds is 6. The van der Waals surface area contributed by atoms with Gasteiger partial charge >= 0.3 is 0 Å². The summed E-state index contributed by atoms with van der Waals surface area (Å²) in [7, 11) is 0. The van der Waals surface area contributed by atoms with Gasteiger partial charge in [0.1, 0.15) is 5.82 Å². The molecule has 0 spiro atoms. The Labute approximate surface area is 125 Å². The molecule has 1 aromatic carbocycles. The summed E-state index contributed by atoms with van der Waals surface area (Å²) in [5, 5.41) is 2.80. The van der Waals surface area contributed by atoms with Crippen molar-refractivity contribution in [1.29, 1.82) is 0 Å². The standard InChI is InChI=1S/C16H24FN3O/c17-15-7-2-1-5-13(15)11-19-16(21)12-20-10-4-3-6-14(20)8-9-18/h1-2,5,7,14H,3-4,6,8-12,18H2,(H,19,21). The van der Waals surface area contributed by atoms with Gasteiger partial charge < -0.3 is 11.1 Å². The molecule has 2 rings (SSSR count). The Balaban J connectivity index is 1.82. The molecule has 5 heteroatoms. The quantitative estimate of drug-likeness (QED) is 0.838. The maximum absolute atomic E-state index is 13.5. The molecule has 1 saturated heterocycles. The fourth-order valence-corrected chi connectivity index (χ4v) is 2.86. The predicted molar refractivity (Wildman–Crippen MR) is 81.1 cm³/mol. The SMILES string of the molecule is NCCC1CCCCN1CC(=O)NCc1ccccc1F. The van der Waals surface area contributed by atoms with Crippen molar-refractivity contribution < 1.29 is 9.18 Å². The van der Waals surface area contributed by atoms with Crippen molar-refractivity contribution in [2.75, 3.05) is 19.6 Å². The zero-order chi connectivity index (χ0) is 15.1. The molecule has 1 heterocycles. The van der Waals surface area contributed by atoms with E-state index in [4.69, 9.17) is 5.73 Å². The van der Waals surface area contributed by atoms with Crippen LogP contribution in [-0.4, -0.2) is 36.5 Å². The number of carbonyl (C=O) groups is 1. The smallest absolute Gasteiger partial charge is 0.234 e. The highest BCUT2D eigenvalue weighted by atomic mass is 19.1. The fraction of sp³-hybridized carbons (Fsp3) is 0.562. The summed E-state index contributed by atoms with van der Waals surface area (Å²) in [6.45, 7) is 2.20. The molecule has 0 bridgehead atoms. The highest BCUT2D eigenvalue weighted by molar-refractivity contribution is 5.78. The second kappa shape index (κ2) is 8.10. The molecular weight excluding hydrogens is 269 g/mol. The Bertz CT molecular complexity index is 465. The zero-order valence-electron chi connectivity index (χ0n) is 12.4. The summed E-state index contributed by atoms with van der Waals surface area (Å²) in [6.07, 6.45) is 4.37. The Kier molecular flexibility index (Phi) is 6.14.